The van der Waals surface area contributed by atoms with Crippen molar-refractivity contribution in [1.82, 2.24) is 10.3 Å². The van der Waals surface area contributed by atoms with E-state index < -0.39 is 0 Å². The summed E-state index contributed by atoms with van der Waals surface area (Å²) in [6.45, 7) is 0.976. The number of rotatable bonds is 6. The van der Waals surface area contributed by atoms with E-state index in [1.165, 1.54) is 50.3 Å². The van der Waals surface area contributed by atoms with E-state index in [4.69, 9.17) is 4.74 Å². The molecule has 33 heavy (non-hydrogen) atoms. The summed E-state index contributed by atoms with van der Waals surface area (Å²) in [6, 6.07) is 11.2. The second-order valence-corrected chi connectivity index (χ2v) is 11.1. The Morgan fingerprint density at radius 3 is 2.58 bits per heavy atom. The van der Waals surface area contributed by atoms with Crippen LogP contribution in [0.2, 0.25) is 0 Å². The highest BCUT2D eigenvalue weighted by atomic mass is 32.2. The molecule has 7 rings (SSSR count). The van der Waals surface area contributed by atoms with Gasteiger partial charge in [-0.2, -0.15) is 0 Å². The fourth-order valence-electron chi connectivity index (χ4n) is 6.78. The number of ether oxygens (including phenoxy) is 1. The molecule has 6 nitrogen and oxygen atoms in total. The first-order valence-corrected chi connectivity index (χ1v) is 12.8. The molecule has 0 spiro atoms. The lowest BCUT2D eigenvalue weighted by Crippen LogP contribution is -2.52. The number of aromatic nitrogens is 1. The Morgan fingerprint density at radius 1 is 1.09 bits per heavy atom. The Balaban J connectivity index is 1.09. The van der Waals surface area contributed by atoms with Crippen molar-refractivity contribution in [3.8, 4) is 0 Å². The first kappa shape index (κ1) is 21.2. The molecular formula is C26H29N3O3S. The monoisotopic (exact) mass is 463 g/mol. The Labute approximate surface area is 198 Å². The number of para-hydroxylation sites is 1. The molecule has 7 heteroatoms. The molecule has 1 N–H and O–H groups in total. The summed E-state index contributed by atoms with van der Waals surface area (Å²) in [4.78, 5) is 33.0. The maximum atomic E-state index is 13.3. The zero-order chi connectivity index (χ0) is 22.4. The van der Waals surface area contributed by atoms with Gasteiger partial charge in [0, 0.05) is 17.6 Å². The van der Waals surface area contributed by atoms with Crippen molar-refractivity contribution in [2.24, 2.45) is 17.8 Å². The highest BCUT2D eigenvalue weighted by molar-refractivity contribution is 7.99. The van der Waals surface area contributed by atoms with Crippen LogP contribution in [-0.2, 0) is 9.53 Å². The lowest BCUT2D eigenvalue weighted by molar-refractivity contribution is -0.161. The van der Waals surface area contributed by atoms with Gasteiger partial charge in [-0.05, 0) is 80.5 Å². The second-order valence-electron chi connectivity index (χ2n) is 10.1. The van der Waals surface area contributed by atoms with Crippen LogP contribution < -0.4 is 10.2 Å². The van der Waals surface area contributed by atoms with Crippen LogP contribution in [0.25, 0.3) is 0 Å². The van der Waals surface area contributed by atoms with Gasteiger partial charge in [0.05, 0.1) is 23.5 Å². The predicted molar refractivity (Wildman–Crippen MR) is 126 cm³/mol. The smallest absolute Gasteiger partial charge is 0.261 e. The van der Waals surface area contributed by atoms with Crippen molar-refractivity contribution in [3.05, 3.63) is 48.2 Å². The highest BCUT2D eigenvalue weighted by Gasteiger charge is 2.51. The van der Waals surface area contributed by atoms with Crippen molar-refractivity contribution in [1.29, 1.82) is 0 Å². The quantitative estimate of drug-likeness (QED) is 0.647. The summed E-state index contributed by atoms with van der Waals surface area (Å²) in [7, 11) is 0. The van der Waals surface area contributed by atoms with Crippen molar-refractivity contribution < 1.29 is 14.3 Å². The van der Waals surface area contributed by atoms with Crippen LogP contribution in [0.15, 0.2) is 52.5 Å². The van der Waals surface area contributed by atoms with Gasteiger partial charge in [0.2, 0.25) is 5.91 Å². The van der Waals surface area contributed by atoms with Crippen LogP contribution in [0.3, 0.4) is 0 Å². The minimum Gasteiger partial charge on any atom is -0.373 e. The van der Waals surface area contributed by atoms with Gasteiger partial charge in [-0.3, -0.25) is 14.5 Å². The topological polar surface area (TPSA) is 71.5 Å². The molecule has 1 aliphatic heterocycles. The fraction of sp³-hybridized carbons (Fsp3) is 0.500. The number of anilines is 1. The average molecular weight is 464 g/mol. The zero-order valence-corrected chi connectivity index (χ0v) is 19.5. The summed E-state index contributed by atoms with van der Waals surface area (Å²) in [5, 5.41) is 3.65. The number of carbonyl (C=O) groups excluding carboxylic acids is 2. The molecule has 4 saturated carbocycles. The summed E-state index contributed by atoms with van der Waals surface area (Å²) in [6.07, 6.45) is 9.43. The second kappa shape index (κ2) is 8.44. The number of pyridine rings is 1. The van der Waals surface area contributed by atoms with E-state index in [-0.39, 0.29) is 24.0 Å². The van der Waals surface area contributed by atoms with Gasteiger partial charge in [-0.1, -0.05) is 23.9 Å². The first-order chi connectivity index (χ1) is 16.1. The fourth-order valence-corrected chi connectivity index (χ4v) is 7.80. The summed E-state index contributed by atoms with van der Waals surface area (Å²) < 4.78 is 6.42. The maximum Gasteiger partial charge on any atom is 0.261 e. The van der Waals surface area contributed by atoms with Crippen molar-refractivity contribution in [2.45, 2.75) is 54.0 Å². The van der Waals surface area contributed by atoms with Crippen LogP contribution in [0.4, 0.5) is 5.69 Å². The molecule has 2 heterocycles. The van der Waals surface area contributed by atoms with Gasteiger partial charge in [-0.25, -0.2) is 4.98 Å². The molecular weight excluding hydrogens is 434 g/mol. The molecule has 4 bridgehead atoms. The molecule has 1 aromatic heterocycles. The molecule has 4 aliphatic carbocycles. The van der Waals surface area contributed by atoms with Crippen LogP contribution in [0, 0.1) is 17.8 Å². The Morgan fingerprint density at radius 2 is 1.82 bits per heavy atom. The van der Waals surface area contributed by atoms with E-state index in [0.717, 1.165) is 28.3 Å². The number of amides is 2. The van der Waals surface area contributed by atoms with E-state index in [9.17, 15) is 9.59 Å². The van der Waals surface area contributed by atoms with Crippen molar-refractivity contribution in [2.75, 3.05) is 24.6 Å². The Bertz CT molecular complexity index is 1050. The molecule has 2 amide bonds. The zero-order valence-electron chi connectivity index (χ0n) is 18.7. The van der Waals surface area contributed by atoms with Crippen LogP contribution in [-0.4, -0.2) is 42.1 Å². The van der Waals surface area contributed by atoms with Gasteiger partial charge < -0.3 is 10.1 Å². The summed E-state index contributed by atoms with van der Waals surface area (Å²) >= 11 is 1.46. The number of fused-ring (bicyclic) bond motifs is 2. The first-order valence-electron chi connectivity index (χ1n) is 12.0. The Kier molecular flexibility index (Phi) is 5.41. The number of hydrogen-bond acceptors (Lipinski definition) is 5. The summed E-state index contributed by atoms with van der Waals surface area (Å²) in [5.41, 5.74) is 1.31. The number of nitrogens with zero attached hydrogens (tertiary/aromatic N) is 2. The molecule has 4 fully saturated rings. The summed E-state index contributed by atoms with van der Waals surface area (Å²) in [5.74, 6) is 2.15. The van der Waals surface area contributed by atoms with Gasteiger partial charge in [0.15, 0.2) is 0 Å². The SMILES string of the molecule is O=C(CN1C(=O)c2cccnc2Sc2ccccc21)NCCOC12CC3CC(CC(C3)C1)C2. The van der Waals surface area contributed by atoms with Gasteiger partial charge >= 0.3 is 0 Å². The number of nitrogens with one attached hydrogen (secondary N) is 1. The molecule has 1 aromatic carbocycles. The molecule has 0 saturated heterocycles. The lowest BCUT2D eigenvalue weighted by atomic mass is 9.54. The number of benzene rings is 1. The van der Waals surface area contributed by atoms with E-state index in [0.29, 0.717) is 23.7 Å². The van der Waals surface area contributed by atoms with Crippen LogP contribution >= 0.6 is 11.8 Å². The molecule has 0 unspecified atom stereocenters. The predicted octanol–water partition coefficient (Wildman–Crippen LogP) is 4.29. The van der Waals surface area contributed by atoms with E-state index >= 15 is 0 Å². The Hall–Kier alpha value is -2.38. The molecule has 2 aromatic rings. The maximum absolute atomic E-state index is 13.3. The van der Waals surface area contributed by atoms with Crippen LogP contribution in [0.5, 0.6) is 0 Å². The lowest BCUT2D eigenvalue weighted by Gasteiger charge is -2.56. The van der Waals surface area contributed by atoms with Crippen molar-refractivity contribution in [3.63, 3.8) is 0 Å². The standard InChI is InChI=1S/C26H29N3O3S/c30-23(27-8-9-32-26-13-17-10-18(14-26)12-19(11-17)15-26)16-29-21-5-1-2-6-22(21)33-24-20(25(29)31)4-3-7-28-24/h1-7,17-19H,8-16H2,(H,27,30). The van der Waals surface area contributed by atoms with Gasteiger partial charge in [0.1, 0.15) is 11.6 Å². The molecule has 0 atom stereocenters. The minimum absolute atomic E-state index is 0.0257. The molecule has 5 aliphatic rings. The van der Waals surface area contributed by atoms with E-state index in [2.05, 4.69) is 10.3 Å². The van der Waals surface area contributed by atoms with Gasteiger partial charge in [0.25, 0.3) is 5.91 Å². The number of carbonyl (C=O) groups is 2. The third-order valence-electron chi connectivity index (χ3n) is 7.73. The third-order valence-corrected chi connectivity index (χ3v) is 8.81. The molecule has 172 valence electrons. The van der Waals surface area contributed by atoms with Crippen LogP contribution in [0.1, 0.15) is 48.9 Å². The van der Waals surface area contributed by atoms with E-state index in [1.807, 2.05) is 24.3 Å². The van der Waals surface area contributed by atoms with E-state index in [1.54, 1.807) is 23.2 Å². The molecule has 0 radical (unpaired) electrons. The minimum atomic E-state index is -0.199. The largest absolute Gasteiger partial charge is 0.373 e. The van der Waals surface area contributed by atoms with Crippen molar-refractivity contribution >= 4 is 29.3 Å². The normalized spacial score (nSPS) is 29.4. The average Bonchev–Trinajstić information content (AvgIpc) is 2.91. The highest BCUT2D eigenvalue weighted by Crippen LogP contribution is 2.57. The van der Waals surface area contributed by atoms with Gasteiger partial charge in [-0.15, -0.1) is 0 Å². The third kappa shape index (κ3) is 4.06. The number of hydrogen-bond donors (Lipinski definition) is 1.